The molecule has 12 heteroatoms. The maximum absolute atomic E-state index is 15.2. The summed E-state index contributed by atoms with van der Waals surface area (Å²) >= 11 is 0. The summed E-state index contributed by atoms with van der Waals surface area (Å²) in [5, 5.41) is 19.1. The van der Waals surface area contributed by atoms with Crippen LogP contribution in [-0.4, -0.2) is 37.2 Å². The van der Waals surface area contributed by atoms with Gasteiger partial charge in [0.2, 0.25) is 0 Å². The Morgan fingerprint density at radius 3 is 2.17 bits per heavy atom. The van der Waals surface area contributed by atoms with Crippen LogP contribution in [0.25, 0.3) is 0 Å². The van der Waals surface area contributed by atoms with Gasteiger partial charge in [0.1, 0.15) is 22.8 Å². The summed E-state index contributed by atoms with van der Waals surface area (Å²) in [5.41, 5.74) is 1.67. The molecule has 1 aliphatic rings. The molecule has 3 N–H and O–H groups in total. The normalized spacial score (nSPS) is 15.5. The van der Waals surface area contributed by atoms with Crippen LogP contribution in [0.4, 0.5) is 18.9 Å². The Labute approximate surface area is 196 Å². The summed E-state index contributed by atoms with van der Waals surface area (Å²) in [7, 11) is 1.84. The van der Waals surface area contributed by atoms with E-state index in [-0.39, 0.29) is 16.5 Å². The van der Waals surface area contributed by atoms with Crippen molar-refractivity contribution >= 4 is 23.6 Å². The van der Waals surface area contributed by atoms with Crippen LogP contribution in [-0.2, 0) is 19.1 Å². The third-order valence-corrected chi connectivity index (χ3v) is 5.20. The Bertz CT molecular complexity index is 1350. The van der Waals surface area contributed by atoms with Crippen molar-refractivity contribution in [2.45, 2.75) is 5.92 Å². The monoisotopic (exact) mass is 487 g/mol. The summed E-state index contributed by atoms with van der Waals surface area (Å²) in [5.74, 6) is -12.2. The van der Waals surface area contributed by atoms with Crippen LogP contribution >= 0.6 is 0 Å². The molecule has 0 bridgehead atoms. The van der Waals surface area contributed by atoms with Crippen molar-refractivity contribution in [1.29, 1.82) is 5.26 Å². The Morgan fingerprint density at radius 2 is 1.66 bits per heavy atom. The van der Waals surface area contributed by atoms with Gasteiger partial charge in [0.15, 0.2) is 17.5 Å². The van der Waals surface area contributed by atoms with Gasteiger partial charge in [-0.05, 0) is 11.6 Å². The molecule has 180 valence electrons. The van der Waals surface area contributed by atoms with E-state index in [1.165, 1.54) is 12.1 Å². The number of hydrogen-bond acceptors (Lipinski definition) is 8. The van der Waals surface area contributed by atoms with Crippen molar-refractivity contribution in [2.75, 3.05) is 19.1 Å². The van der Waals surface area contributed by atoms with Gasteiger partial charge in [-0.1, -0.05) is 30.3 Å². The fourth-order valence-corrected chi connectivity index (χ4v) is 3.69. The largest absolute Gasteiger partial charge is 0.478 e. The van der Waals surface area contributed by atoms with Crippen molar-refractivity contribution in [1.82, 2.24) is 0 Å². The zero-order valence-corrected chi connectivity index (χ0v) is 18.1. The van der Waals surface area contributed by atoms with E-state index < -0.39 is 75.2 Å². The van der Waals surface area contributed by atoms with E-state index >= 15 is 4.39 Å². The lowest BCUT2D eigenvalue weighted by molar-refractivity contribution is -0.139. The quantitative estimate of drug-likeness (QED) is 0.481. The average molecular weight is 487 g/mol. The number of hydrogen-bond donors (Lipinski definition) is 2. The number of carboxylic acids is 1. The van der Waals surface area contributed by atoms with Crippen molar-refractivity contribution in [3.63, 3.8) is 0 Å². The number of nitrogens with zero attached hydrogens (tertiary/aromatic N) is 2. The summed E-state index contributed by atoms with van der Waals surface area (Å²) in [6.45, 7) is 0. The highest BCUT2D eigenvalue weighted by Gasteiger charge is 2.45. The highest BCUT2D eigenvalue weighted by atomic mass is 19.2. The number of ether oxygens (including phenoxy) is 2. The summed E-state index contributed by atoms with van der Waals surface area (Å²) in [4.78, 5) is 37.5. The number of halogens is 3. The molecule has 0 fully saturated rings. The van der Waals surface area contributed by atoms with Gasteiger partial charge in [0.25, 0.3) is 0 Å². The first kappa shape index (κ1) is 24.8. The number of nitriles is 1. The second-order valence-electron chi connectivity index (χ2n) is 7.02. The number of methoxy groups -OCH3 is 2. The highest BCUT2D eigenvalue weighted by Crippen LogP contribution is 2.44. The van der Waals surface area contributed by atoms with Crippen LogP contribution in [0.15, 0.2) is 59.1 Å². The van der Waals surface area contributed by atoms with E-state index in [1.54, 1.807) is 24.3 Å². The Balaban J connectivity index is 2.55. The lowest BCUT2D eigenvalue weighted by Crippen LogP contribution is -2.41. The molecule has 1 atom stereocenters. The van der Waals surface area contributed by atoms with Crippen LogP contribution in [0, 0.1) is 28.8 Å². The van der Waals surface area contributed by atoms with E-state index in [1.807, 2.05) is 0 Å². The number of benzene rings is 2. The smallest absolute Gasteiger partial charge is 0.355 e. The molecule has 1 heterocycles. The molecular formula is C23H16F3N3O6. The van der Waals surface area contributed by atoms with Gasteiger partial charge < -0.3 is 20.3 Å². The number of rotatable bonds is 5. The van der Waals surface area contributed by atoms with Gasteiger partial charge in [-0.25, -0.2) is 27.6 Å². The molecule has 1 unspecified atom stereocenters. The number of esters is 2. The predicted molar refractivity (Wildman–Crippen MR) is 113 cm³/mol. The molecule has 0 aromatic heterocycles. The number of carbonyl (C=O) groups excluding carboxylic acids is 2. The molecule has 9 nitrogen and oxygen atoms in total. The SMILES string of the molecule is COC(=O)C1=C(C(=O)OC)N(c2c(F)c(F)cc(C(=O)O)c2F)C(N)=C(C#N)C1c1ccccc1. The van der Waals surface area contributed by atoms with E-state index in [2.05, 4.69) is 0 Å². The number of anilines is 1. The van der Waals surface area contributed by atoms with Gasteiger partial charge in [-0.15, -0.1) is 0 Å². The number of carbonyl (C=O) groups is 3. The van der Waals surface area contributed by atoms with Gasteiger partial charge in [-0.3, -0.25) is 4.90 Å². The number of aromatic carboxylic acids is 1. The minimum Gasteiger partial charge on any atom is -0.478 e. The fourth-order valence-electron chi connectivity index (χ4n) is 3.69. The van der Waals surface area contributed by atoms with Gasteiger partial charge in [-0.2, -0.15) is 5.26 Å². The lowest BCUT2D eigenvalue weighted by Gasteiger charge is -2.36. The van der Waals surface area contributed by atoms with E-state index in [4.69, 9.17) is 15.2 Å². The Morgan fingerprint density at radius 1 is 1.06 bits per heavy atom. The van der Waals surface area contributed by atoms with Crippen LogP contribution < -0.4 is 10.6 Å². The molecule has 0 saturated carbocycles. The van der Waals surface area contributed by atoms with E-state index in [0.717, 1.165) is 14.2 Å². The third kappa shape index (κ3) is 4.04. The van der Waals surface area contributed by atoms with Gasteiger partial charge in [0.05, 0.1) is 37.4 Å². The molecule has 1 aliphatic heterocycles. The average Bonchev–Trinajstić information content (AvgIpc) is 2.85. The molecule has 3 rings (SSSR count). The summed E-state index contributed by atoms with van der Waals surface area (Å²) in [6, 6.07) is 9.58. The molecular weight excluding hydrogens is 471 g/mol. The maximum Gasteiger partial charge on any atom is 0.355 e. The molecule has 0 saturated heterocycles. The number of allylic oxidation sites excluding steroid dienone is 1. The fraction of sp³-hybridized carbons (Fsp3) is 0.130. The zero-order valence-electron chi connectivity index (χ0n) is 18.1. The third-order valence-electron chi connectivity index (χ3n) is 5.20. The maximum atomic E-state index is 15.2. The minimum atomic E-state index is -1.96. The topological polar surface area (TPSA) is 143 Å². The van der Waals surface area contributed by atoms with Crippen LogP contribution in [0.5, 0.6) is 0 Å². The minimum absolute atomic E-state index is 0.0983. The molecule has 35 heavy (non-hydrogen) atoms. The van der Waals surface area contributed by atoms with Crippen LogP contribution in [0.3, 0.4) is 0 Å². The summed E-state index contributed by atoms with van der Waals surface area (Å²) in [6.07, 6.45) is 0. The summed E-state index contributed by atoms with van der Waals surface area (Å²) < 4.78 is 54.0. The zero-order chi connectivity index (χ0) is 26.0. The van der Waals surface area contributed by atoms with Gasteiger partial charge >= 0.3 is 17.9 Å². The van der Waals surface area contributed by atoms with E-state index in [9.17, 15) is 33.5 Å². The highest BCUT2D eigenvalue weighted by molar-refractivity contribution is 6.06. The second-order valence-corrected chi connectivity index (χ2v) is 7.02. The first-order valence-corrected chi connectivity index (χ1v) is 9.66. The molecule has 2 aromatic carbocycles. The standard InChI is InChI=1S/C23H16F3N3O6/c1-34-22(32)15-14(10-6-4-3-5-7-10)12(9-27)20(28)29(18(15)23(33)35-2)19-16(25)11(21(30)31)8-13(24)17(19)26/h3-8,14H,28H2,1-2H3,(H,30,31). The van der Waals surface area contributed by atoms with E-state index in [0.29, 0.717) is 0 Å². The van der Waals surface area contributed by atoms with Crippen molar-refractivity contribution < 1.29 is 42.1 Å². The van der Waals surface area contributed by atoms with Crippen molar-refractivity contribution in [3.8, 4) is 6.07 Å². The molecule has 0 amide bonds. The predicted octanol–water partition coefficient (Wildman–Crippen LogP) is 2.70. The van der Waals surface area contributed by atoms with Crippen LogP contribution in [0.1, 0.15) is 21.8 Å². The number of nitrogens with two attached hydrogens (primary N) is 1. The first-order valence-electron chi connectivity index (χ1n) is 9.66. The Kier molecular flexibility index (Phi) is 6.81. The Hall–Kier alpha value is -4.79. The molecule has 0 spiro atoms. The lowest BCUT2D eigenvalue weighted by atomic mass is 9.81. The molecule has 2 aromatic rings. The molecule has 0 radical (unpaired) electrons. The van der Waals surface area contributed by atoms with Crippen LogP contribution in [0.2, 0.25) is 0 Å². The van der Waals surface area contributed by atoms with Crippen molar-refractivity contribution in [3.05, 3.63) is 87.6 Å². The molecule has 0 aliphatic carbocycles. The van der Waals surface area contributed by atoms with Crippen molar-refractivity contribution in [2.24, 2.45) is 5.73 Å². The number of carboxylic acid groups (broad SMARTS) is 1. The van der Waals surface area contributed by atoms with Gasteiger partial charge in [0, 0.05) is 0 Å². The first-order chi connectivity index (χ1) is 16.6. The second kappa shape index (κ2) is 9.60.